The minimum atomic E-state index is 1.13. The van der Waals surface area contributed by atoms with Crippen LogP contribution in [0.15, 0.2) is 130 Å². The number of benzene rings is 6. The molecule has 80 heavy (non-hydrogen) atoms. The molecule has 4 heteroatoms. The monoisotopic (exact) mass is 1200 g/mol. The molecule has 2 heterocycles. The van der Waals surface area contributed by atoms with Crippen molar-refractivity contribution in [1.82, 2.24) is 9.13 Å². The van der Waals surface area contributed by atoms with E-state index in [9.17, 15) is 0 Å². The predicted molar refractivity (Wildman–Crippen MR) is 361 cm³/mol. The number of hydrogen-bond donors (Lipinski definition) is 0. The average Bonchev–Trinajstić information content (AvgIpc) is 4.00. The van der Waals surface area contributed by atoms with Crippen molar-refractivity contribution in [1.29, 1.82) is 0 Å². The molecule has 0 N–H and O–H groups in total. The number of nitrogens with zero attached hydrogens (tertiary/aromatic N) is 2. The number of halogens is 2. The lowest BCUT2D eigenvalue weighted by molar-refractivity contribution is 0.525. The zero-order valence-electron chi connectivity index (χ0n) is 50.1. The maximum atomic E-state index is 3.81. The second-order valence-corrected chi connectivity index (χ2v) is 26.1. The Morgan fingerprint density at radius 2 is 0.487 bits per heavy atom. The van der Waals surface area contributed by atoms with Crippen molar-refractivity contribution >= 4 is 75.5 Å². The van der Waals surface area contributed by atoms with Gasteiger partial charge in [0.1, 0.15) is 0 Å². The first-order chi connectivity index (χ1) is 39.5. The van der Waals surface area contributed by atoms with Gasteiger partial charge in [-0.05, 0) is 133 Å². The zero-order valence-corrected chi connectivity index (χ0v) is 53.2. The van der Waals surface area contributed by atoms with Crippen molar-refractivity contribution in [3.05, 3.63) is 141 Å². The van der Waals surface area contributed by atoms with Gasteiger partial charge < -0.3 is 9.13 Å². The topological polar surface area (TPSA) is 9.86 Å². The van der Waals surface area contributed by atoms with E-state index in [1.165, 1.54) is 308 Å². The van der Waals surface area contributed by atoms with Gasteiger partial charge in [-0.2, -0.15) is 0 Å². The van der Waals surface area contributed by atoms with Gasteiger partial charge >= 0.3 is 0 Å². The van der Waals surface area contributed by atoms with Crippen molar-refractivity contribution in [2.45, 2.75) is 258 Å². The predicted octanol–water partition coefficient (Wildman–Crippen LogP) is 26.2. The number of fused-ring (bicyclic) bond motifs is 6. The molecular weight excluding hydrogens is 1100 g/mol. The van der Waals surface area contributed by atoms with Crippen LogP contribution < -0.4 is 0 Å². The molecule has 0 aliphatic rings. The molecule has 0 saturated carbocycles. The van der Waals surface area contributed by atoms with Crippen LogP contribution in [0.2, 0.25) is 0 Å². The minimum absolute atomic E-state index is 1.13. The smallest absolute Gasteiger partial charge is 0.0541 e. The molecular formula is C76H102Br2N2. The molecule has 0 amide bonds. The summed E-state index contributed by atoms with van der Waals surface area (Å²) in [6.45, 7) is 4.62. The van der Waals surface area contributed by atoms with Crippen molar-refractivity contribution in [3.63, 3.8) is 0 Å². The summed E-state index contributed by atoms with van der Waals surface area (Å²) in [7, 11) is 0. The van der Waals surface area contributed by atoms with E-state index in [2.05, 4.69) is 176 Å². The van der Waals surface area contributed by atoms with E-state index in [-0.39, 0.29) is 0 Å². The highest BCUT2D eigenvalue weighted by molar-refractivity contribution is 9.10. The molecule has 430 valence electrons. The van der Waals surface area contributed by atoms with Gasteiger partial charge in [0.15, 0.2) is 0 Å². The van der Waals surface area contributed by atoms with Gasteiger partial charge in [-0.1, -0.05) is 300 Å². The quantitative estimate of drug-likeness (QED) is 0.0338. The summed E-state index contributed by atoms with van der Waals surface area (Å²) in [6.07, 6.45) is 53.2. The van der Waals surface area contributed by atoms with Crippen LogP contribution in [-0.2, 0) is 12.8 Å². The number of aromatic nitrogens is 2. The molecule has 8 rings (SSSR count). The third-order valence-electron chi connectivity index (χ3n) is 17.8. The van der Waals surface area contributed by atoms with Crippen LogP contribution in [-0.4, -0.2) is 9.13 Å². The molecule has 8 aromatic rings. The lowest BCUT2D eigenvalue weighted by atomic mass is 10.0. The molecule has 0 radical (unpaired) electrons. The minimum Gasteiger partial charge on any atom is -0.309 e. The maximum Gasteiger partial charge on any atom is 0.0541 e. The molecule has 0 atom stereocenters. The van der Waals surface area contributed by atoms with Crippen molar-refractivity contribution < 1.29 is 0 Å². The Bertz CT molecular complexity index is 2800. The first kappa shape index (κ1) is 61.9. The lowest BCUT2D eigenvalue weighted by Gasteiger charge is -2.11. The van der Waals surface area contributed by atoms with Crippen LogP contribution in [0.5, 0.6) is 0 Å². The summed E-state index contributed by atoms with van der Waals surface area (Å²) in [5.41, 5.74) is 12.8. The van der Waals surface area contributed by atoms with Crippen molar-refractivity contribution in [2.75, 3.05) is 0 Å². The third kappa shape index (κ3) is 19.0. The SMILES string of the molecule is CCCCCCCCCCCCCCCCCCCCc1ccc2c(c1)c1cc(Br)ccc1n2-c1ccc(-c2ccc(-n3c4ccc(Br)cc4c4cc(CCCCCCCCCCCCCCCCCCCC)ccc43)cc2)cc1. The van der Waals surface area contributed by atoms with Crippen LogP contribution in [0.4, 0.5) is 0 Å². The molecule has 2 aromatic heterocycles. The van der Waals surface area contributed by atoms with E-state index >= 15 is 0 Å². The molecule has 0 bridgehead atoms. The van der Waals surface area contributed by atoms with Crippen LogP contribution in [0.3, 0.4) is 0 Å². The van der Waals surface area contributed by atoms with Gasteiger partial charge in [0.2, 0.25) is 0 Å². The van der Waals surface area contributed by atoms with Crippen LogP contribution in [0, 0.1) is 0 Å². The van der Waals surface area contributed by atoms with Crippen molar-refractivity contribution in [3.8, 4) is 22.5 Å². The summed E-state index contributed by atoms with van der Waals surface area (Å²) in [5.74, 6) is 0. The number of unbranched alkanes of at least 4 members (excludes halogenated alkanes) is 34. The van der Waals surface area contributed by atoms with E-state index in [0.717, 1.165) is 21.8 Å². The Labute approximate surface area is 503 Å². The zero-order chi connectivity index (χ0) is 55.4. The van der Waals surface area contributed by atoms with Crippen molar-refractivity contribution in [2.24, 2.45) is 0 Å². The summed E-state index contributed by atoms with van der Waals surface area (Å²) >= 11 is 7.62. The molecule has 0 fully saturated rings. The first-order valence-electron chi connectivity index (χ1n) is 33.2. The van der Waals surface area contributed by atoms with Gasteiger partial charge in [-0.15, -0.1) is 0 Å². The normalized spacial score (nSPS) is 11.9. The summed E-state index contributed by atoms with van der Waals surface area (Å²) in [6, 6.07) is 46.4. The molecule has 0 unspecified atom stereocenters. The van der Waals surface area contributed by atoms with E-state index < -0.39 is 0 Å². The Morgan fingerprint density at radius 1 is 0.250 bits per heavy atom. The molecule has 2 nitrogen and oxygen atoms in total. The Balaban J connectivity index is 0.792. The van der Waals surface area contributed by atoms with Gasteiger partial charge in [0, 0.05) is 41.9 Å². The first-order valence-corrected chi connectivity index (χ1v) is 34.8. The van der Waals surface area contributed by atoms with Gasteiger partial charge in [0.05, 0.1) is 22.1 Å². The van der Waals surface area contributed by atoms with Crippen LogP contribution >= 0.6 is 31.9 Å². The Morgan fingerprint density at radius 3 is 0.762 bits per heavy atom. The molecule has 0 aliphatic heterocycles. The molecule has 6 aromatic carbocycles. The third-order valence-corrected chi connectivity index (χ3v) is 18.8. The van der Waals surface area contributed by atoms with Crippen LogP contribution in [0.25, 0.3) is 66.1 Å². The van der Waals surface area contributed by atoms with E-state index in [4.69, 9.17) is 0 Å². The Hall–Kier alpha value is -4.12. The second-order valence-electron chi connectivity index (χ2n) is 24.3. The molecule has 0 aliphatic carbocycles. The van der Waals surface area contributed by atoms with E-state index in [0.29, 0.717) is 0 Å². The van der Waals surface area contributed by atoms with Crippen LogP contribution in [0.1, 0.15) is 256 Å². The number of aryl methyl sites for hydroxylation is 2. The lowest BCUT2D eigenvalue weighted by Crippen LogP contribution is -1.95. The van der Waals surface area contributed by atoms with Gasteiger partial charge in [0.25, 0.3) is 0 Å². The maximum absolute atomic E-state index is 3.81. The highest BCUT2D eigenvalue weighted by atomic mass is 79.9. The number of rotatable bonds is 41. The fraction of sp³-hybridized carbons (Fsp3) is 0.526. The van der Waals surface area contributed by atoms with E-state index in [1.54, 1.807) is 0 Å². The fourth-order valence-corrected chi connectivity index (χ4v) is 13.7. The molecule has 0 spiro atoms. The molecule has 0 saturated heterocycles. The largest absolute Gasteiger partial charge is 0.309 e. The summed E-state index contributed by atoms with van der Waals surface area (Å²) in [4.78, 5) is 0. The Kier molecular flexibility index (Phi) is 27.2. The van der Waals surface area contributed by atoms with E-state index in [1.807, 2.05) is 0 Å². The van der Waals surface area contributed by atoms with Gasteiger partial charge in [-0.3, -0.25) is 0 Å². The number of hydrogen-bond acceptors (Lipinski definition) is 0. The highest BCUT2D eigenvalue weighted by Crippen LogP contribution is 2.38. The van der Waals surface area contributed by atoms with Gasteiger partial charge in [-0.25, -0.2) is 0 Å². The standard InChI is InChI=1S/C76H102Br2N2/c1-3-5-7-9-11-13-15-17-19-21-23-25-27-29-31-33-35-37-39-61-41-53-73-69(57-61)71-59-65(77)47-55-75(71)79(73)67-49-43-63(44-50-67)64-45-51-68(52-46-64)80-74-54-42-62(58-70(74)72-60-66(78)48-56-76(72)80)40-38-36-34-32-30-28-26-24-22-20-18-16-14-12-10-8-6-4-2/h41-60H,3-40H2,1-2H3. The second kappa shape index (κ2) is 35.1. The highest BCUT2D eigenvalue weighted by Gasteiger charge is 2.16. The summed E-state index contributed by atoms with van der Waals surface area (Å²) < 4.78 is 7.17. The fourth-order valence-electron chi connectivity index (χ4n) is 13.0. The summed E-state index contributed by atoms with van der Waals surface area (Å²) in [5, 5.41) is 5.30. The average molecular weight is 1200 g/mol.